The van der Waals surface area contributed by atoms with Gasteiger partial charge in [-0.1, -0.05) is 43.0 Å². The molecule has 0 heterocycles. The second-order valence-electron chi connectivity index (χ2n) is 7.42. The first kappa shape index (κ1) is 27.8. The maximum atomic E-state index is 13.5. The predicted molar refractivity (Wildman–Crippen MR) is 146 cm³/mol. The predicted octanol–water partition coefficient (Wildman–Crippen LogP) is 4.38. The van der Waals surface area contributed by atoms with Gasteiger partial charge in [-0.3, -0.25) is 9.10 Å². The third-order valence-corrected chi connectivity index (χ3v) is 7.34. The van der Waals surface area contributed by atoms with E-state index in [-0.39, 0.29) is 10.6 Å². The summed E-state index contributed by atoms with van der Waals surface area (Å²) in [5, 5.41) is 3.98. The van der Waals surface area contributed by atoms with Crippen LogP contribution in [0.2, 0.25) is 0 Å². The van der Waals surface area contributed by atoms with E-state index in [1.807, 2.05) is 0 Å². The number of nitrogens with one attached hydrogen (secondary N) is 1. The van der Waals surface area contributed by atoms with Crippen LogP contribution in [-0.4, -0.2) is 47.9 Å². The fraction of sp³-hybridized carbons (Fsp3) is 0.154. The Morgan fingerprint density at radius 3 is 2.41 bits per heavy atom. The van der Waals surface area contributed by atoms with Crippen molar-refractivity contribution >= 4 is 43.8 Å². The van der Waals surface area contributed by atoms with Gasteiger partial charge in [0, 0.05) is 0 Å². The van der Waals surface area contributed by atoms with Gasteiger partial charge in [-0.25, -0.2) is 13.8 Å². The Kier molecular flexibility index (Phi) is 9.70. The number of para-hydroxylation sites is 2. The molecule has 1 amide bonds. The van der Waals surface area contributed by atoms with E-state index in [0.717, 1.165) is 4.31 Å². The number of hydrazone groups is 1. The molecule has 0 bridgehead atoms. The molecule has 1 N–H and O–H groups in total. The summed E-state index contributed by atoms with van der Waals surface area (Å²) >= 11 is 3.43. The first-order chi connectivity index (χ1) is 17.8. The van der Waals surface area contributed by atoms with Crippen molar-refractivity contribution < 1.29 is 27.4 Å². The lowest BCUT2D eigenvalue weighted by Crippen LogP contribution is -2.39. The van der Waals surface area contributed by atoms with Gasteiger partial charge in [-0.15, -0.1) is 0 Å². The molecule has 0 radical (unpaired) electrons. The SMILES string of the molecule is C=CCOc1c(Br)cc(/C=N\NC(=O)CN(c2ccccc2OC)S(=O)(=O)c2ccccc2)cc1OC. The van der Waals surface area contributed by atoms with Gasteiger partial charge in [0.2, 0.25) is 0 Å². The van der Waals surface area contributed by atoms with Crippen LogP contribution in [0.4, 0.5) is 5.69 Å². The molecule has 0 aromatic heterocycles. The Labute approximate surface area is 224 Å². The highest BCUT2D eigenvalue weighted by molar-refractivity contribution is 9.10. The van der Waals surface area contributed by atoms with Crippen molar-refractivity contribution in [3.63, 3.8) is 0 Å². The molecule has 0 saturated carbocycles. The van der Waals surface area contributed by atoms with Gasteiger partial charge in [-0.05, 0) is 57.9 Å². The zero-order chi connectivity index (χ0) is 26.8. The number of carbonyl (C=O) groups excluding carboxylic acids is 1. The summed E-state index contributed by atoms with van der Waals surface area (Å²) in [4.78, 5) is 12.9. The van der Waals surface area contributed by atoms with Crippen LogP contribution in [0, 0.1) is 0 Å². The van der Waals surface area contributed by atoms with E-state index in [0.29, 0.717) is 33.9 Å². The van der Waals surface area contributed by atoms with Crippen LogP contribution in [0.3, 0.4) is 0 Å². The number of hydrogen-bond acceptors (Lipinski definition) is 7. The lowest BCUT2D eigenvalue weighted by molar-refractivity contribution is -0.119. The first-order valence-corrected chi connectivity index (χ1v) is 13.2. The van der Waals surface area contributed by atoms with Crippen LogP contribution in [0.1, 0.15) is 5.56 Å². The Bertz CT molecular complexity index is 1380. The number of sulfonamides is 1. The molecule has 0 aliphatic carbocycles. The molecule has 0 aliphatic heterocycles. The lowest BCUT2D eigenvalue weighted by Gasteiger charge is -2.25. The zero-order valence-corrected chi connectivity index (χ0v) is 22.7. The summed E-state index contributed by atoms with van der Waals surface area (Å²) in [7, 11) is -1.16. The van der Waals surface area contributed by atoms with E-state index in [2.05, 4.69) is 33.0 Å². The van der Waals surface area contributed by atoms with E-state index in [4.69, 9.17) is 14.2 Å². The van der Waals surface area contributed by atoms with Gasteiger partial charge >= 0.3 is 0 Å². The Morgan fingerprint density at radius 1 is 1.05 bits per heavy atom. The van der Waals surface area contributed by atoms with Crippen LogP contribution < -0.4 is 23.9 Å². The largest absolute Gasteiger partial charge is 0.495 e. The second-order valence-corrected chi connectivity index (χ2v) is 10.1. The summed E-state index contributed by atoms with van der Waals surface area (Å²) in [6, 6.07) is 17.8. The molecule has 194 valence electrons. The van der Waals surface area contributed by atoms with Crippen molar-refractivity contribution in [1.82, 2.24) is 5.43 Å². The fourth-order valence-electron chi connectivity index (χ4n) is 3.30. The van der Waals surface area contributed by atoms with Crippen molar-refractivity contribution in [3.05, 3.63) is 89.4 Å². The van der Waals surface area contributed by atoms with Crippen molar-refractivity contribution in [2.24, 2.45) is 5.10 Å². The normalized spacial score (nSPS) is 11.1. The third-order valence-electron chi connectivity index (χ3n) is 4.97. The molecule has 11 heteroatoms. The highest BCUT2D eigenvalue weighted by atomic mass is 79.9. The Hall–Kier alpha value is -3.83. The first-order valence-electron chi connectivity index (χ1n) is 11.0. The smallest absolute Gasteiger partial charge is 0.264 e. The van der Waals surface area contributed by atoms with Crippen LogP contribution in [0.15, 0.2) is 93.9 Å². The number of halogens is 1. The minimum absolute atomic E-state index is 0.0351. The number of nitrogens with zero attached hydrogens (tertiary/aromatic N) is 2. The quantitative estimate of drug-likeness (QED) is 0.191. The van der Waals surface area contributed by atoms with Gasteiger partial charge < -0.3 is 14.2 Å². The number of rotatable bonds is 12. The molecule has 3 rings (SSSR count). The summed E-state index contributed by atoms with van der Waals surface area (Å²) in [5.41, 5.74) is 3.21. The molecular formula is C26H26BrN3O6S. The number of anilines is 1. The highest BCUT2D eigenvalue weighted by Crippen LogP contribution is 2.36. The molecule has 3 aromatic carbocycles. The molecule has 0 aliphatic rings. The number of methoxy groups -OCH3 is 2. The molecule has 0 fully saturated rings. The Morgan fingerprint density at radius 2 is 1.73 bits per heavy atom. The van der Waals surface area contributed by atoms with E-state index in [1.165, 1.54) is 32.6 Å². The van der Waals surface area contributed by atoms with E-state index < -0.39 is 22.5 Å². The number of hydrogen-bond donors (Lipinski definition) is 1. The van der Waals surface area contributed by atoms with Crippen molar-refractivity contribution in [3.8, 4) is 17.2 Å². The molecular weight excluding hydrogens is 562 g/mol. The number of amides is 1. The summed E-state index contributed by atoms with van der Waals surface area (Å²) < 4.78 is 44.8. The molecule has 0 atom stereocenters. The number of benzene rings is 3. The average Bonchev–Trinajstić information content (AvgIpc) is 2.91. The van der Waals surface area contributed by atoms with E-state index in [9.17, 15) is 13.2 Å². The number of carbonyl (C=O) groups is 1. The van der Waals surface area contributed by atoms with Gasteiger partial charge in [0.25, 0.3) is 15.9 Å². The summed E-state index contributed by atoms with van der Waals surface area (Å²) in [5.74, 6) is 0.607. The van der Waals surface area contributed by atoms with Crippen LogP contribution in [0.25, 0.3) is 0 Å². The fourth-order valence-corrected chi connectivity index (χ4v) is 5.32. The van der Waals surface area contributed by atoms with E-state index in [1.54, 1.807) is 60.7 Å². The lowest BCUT2D eigenvalue weighted by atomic mass is 10.2. The maximum absolute atomic E-state index is 13.5. The van der Waals surface area contributed by atoms with E-state index >= 15 is 0 Å². The van der Waals surface area contributed by atoms with Gasteiger partial charge in [0.05, 0.1) is 35.5 Å². The van der Waals surface area contributed by atoms with Crippen LogP contribution in [-0.2, 0) is 14.8 Å². The minimum Gasteiger partial charge on any atom is -0.495 e. The van der Waals surface area contributed by atoms with Crippen LogP contribution >= 0.6 is 15.9 Å². The molecule has 0 unspecified atom stereocenters. The monoisotopic (exact) mass is 587 g/mol. The zero-order valence-electron chi connectivity index (χ0n) is 20.3. The topological polar surface area (TPSA) is 107 Å². The average molecular weight is 588 g/mol. The standard InChI is InChI=1S/C26H26BrN3O6S/c1-4-14-36-26-21(27)15-19(16-24(26)35-3)17-28-29-25(31)18-30(22-12-8-9-13-23(22)34-2)37(32,33)20-10-6-5-7-11-20/h4-13,15-17H,1,14,18H2,2-3H3,(H,29,31)/b28-17-. The van der Waals surface area contributed by atoms with Crippen molar-refractivity contribution in [2.75, 3.05) is 31.7 Å². The second kappa shape index (κ2) is 12.9. The number of ether oxygens (including phenoxy) is 3. The minimum atomic E-state index is -4.09. The maximum Gasteiger partial charge on any atom is 0.264 e. The molecule has 0 saturated heterocycles. The molecule has 3 aromatic rings. The highest BCUT2D eigenvalue weighted by Gasteiger charge is 2.29. The van der Waals surface area contributed by atoms with Crippen LogP contribution in [0.5, 0.6) is 17.2 Å². The summed E-state index contributed by atoms with van der Waals surface area (Å²) in [6.45, 7) is 3.39. The molecule has 9 nitrogen and oxygen atoms in total. The molecule has 37 heavy (non-hydrogen) atoms. The Balaban J connectivity index is 1.83. The van der Waals surface area contributed by atoms with Crippen molar-refractivity contribution in [1.29, 1.82) is 0 Å². The van der Waals surface area contributed by atoms with Gasteiger partial charge in [0.1, 0.15) is 18.9 Å². The van der Waals surface area contributed by atoms with Crippen molar-refractivity contribution in [2.45, 2.75) is 4.90 Å². The van der Waals surface area contributed by atoms with Gasteiger partial charge in [-0.2, -0.15) is 5.10 Å². The summed E-state index contributed by atoms with van der Waals surface area (Å²) in [6.07, 6.45) is 3.02. The third kappa shape index (κ3) is 6.89. The van der Waals surface area contributed by atoms with Gasteiger partial charge in [0.15, 0.2) is 11.5 Å². The molecule has 0 spiro atoms.